The third-order valence-electron chi connectivity index (χ3n) is 4.84. The first-order valence-electron chi connectivity index (χ1n) is 9.77. The Kier molecular flexibility index (Phi) is 6.33. The molecule has 0 fully saturated rings. The van der Waals surface area contributed by atoms with Crippen molar-refractivity contribution in [3.8, 4) is 22.8 Å². The highest BCUT2D eigenvalue weighted by atomic mass is 32.2. The minimum Gasteiger partial charge on any atom is -0.497 e. The number of hydrogen-bond donors (Lipinski definition) is 0. The van der Waals surface area contributed by atoms with Gasteiger partial charge in [-0.3, -0.25) is 9.36 Å². The maximum atomic E-state index is 12.7. The van der Waals surface area contributed by atoms with Crippen LogP contribution in [0, 0.1) is 0 Å². The van der Waals surface area contributed by atoms with Gasteiger partial charge < -0.3 is 9.64 Å². The van der Waals surface area contributed by atoms with Gasteiger partial charge in [-0.25, -0.2) is 0 Å². The van der Waals surface area contributed by atoms with Crippen LogP contribution >= 0.6 is 11.8 Å². The van der Waals surface area contributed by atoms with E-state index in [2.05, 4.69) is 10.2 Å². The Morgan fingerprint density at radius 1 is 0.935 bits per heavy atom. The molecule has 156 valence electrons. The Morgan fingerprint density at radius 3 is 2.23 bits per heavy atom. The van der Waals surface area contributed by atoms with Gasteiger partial charge in [-0.1, -0.05) is 48.2 Å². The number of rotatable bonds is 7. The second kappa shape index (κ2) is 9.49. The van der Waals surface area contributed by atoms with Crippen molar-refractivity contribution in [2.45, 2.75) is 5.16 Å². The fourth-order valence-electron chi connectivity index (χ4n) is 3.12. The number of thioether (sulfide) groups is 1. The van der Waals surface area contributed by atoms with E-state index in [1.54, 1.807) is 19.1 Å². The molecule has 7 heteroatoms. The lowest BCUT2D eigenvalue weighted by Crippen LogP contribution is -2.27. The molecule has 6 nitrogen and oxygen atoms in total. The second-order valence-electron chi connectivity index (χ2n) is 6.78. The van der Waals surface area contributed by atoms with Gasteiger partial charge in [0, 0.05) is 24.0 Å². The summed E-state index contributed by atoms with van der Waals surface area (Å²) in [5, 5.41) is 9.47. The predicted octanol–water partition coefficient (Wildman–Crippen LogP) is 4.70. The smallest absolute Gasteiger partial charge is 0.237 e. The highest BCUT2D eigenvalue weighted by molar-refractivity contribution is 7.99. The van der Waals surface area contributed by atoms with Gasteiger partial charge in [0.1, 0.15) is 5.75 Å². The normalized spacial score (nSPS) is 10.6. The van der Waals surface area contributed by atoms with Crippen LogP contribution < -0.4 is 9.64 Å². The maximum Gasteiger partial charge on any atom is 0.237 e. The highest BCUT2D eigenvalue weighted by Gasteiger charge is 2.19. The average molecular weight is 431 g/mol. The lowest BCUT2D eigenvalue weighted by molar-refractivity contribution is -0.115. The zero-order valence-electron chi connectivity index (χ0n) is 17.3. The number of nitrogens with zero attached hydrogens (tertiary/aromatic N) is 4. The molecule has 0 spiro atoms. The average Bonchev–Trinajstić information content (AvgIpc) is 3.27. The van der Waals surface area contributed by atoms with E-state index in [9.17, 15) is 4.79 Å². The molecule has 0 saturated heterocycles. The van der Waals surface area contributed by atoms with Crippen molar-refractivity contribution in [3.05, 3.63) is 84.9 Å². The Hall–Kier alpha value is -3.58. The molecule has 0 radical (unpaired) electrons. The summed E-state index contributed by atoms with van der Waals surface area (Å²) in [6.07, 6.45) is 0. The maximum absolute atomic E-state index is 12.7. The molecule has 0 bridgehead atoms. The van der Waals surface area contributed by atoms with E-state index in [0.29, 0.717) is 11.0 Å². The number of anilines is 1. The Bertz CT molecular complexity index is 1150. The monoisotopic (exact) mass is 430 g/mol. The summed E-state index contributed by atoms with van der Waals surface area (Å²) in [5.41, 5.74) is 2.71. The molecular formula is C24H22N4O2S. The van der Waals surface area contributed by atoms with Crippen LogP contribution in [0.3, 0.4) is 0 Å². The lowest BCUT2D eigenvalue weighted by Gasteiger charge is -2.17. The predicted molar refractivity (Wildman–Crippen MR) is 124 cm³/mol. The van der Waals surface area contributed by atoms with Crippen LogP contribution in [-0.2, 0) is 4.79 Å². The molecule has 0 aliphatic heterocycles. The molecule has 31 heavy (non-hydrogen) atoms. The quantitative estimate of drug-likeness (QED) is 0.398. The highest BCUT2D eigenvalue weighted by Crippen LogP contribution is 2.29. The first kappa shape index (κ1) is 20.7. The molecule has 0 aliphatic carbocycles. The summed E-state index contributed by atoms with van der Waals surface area (Å²) in [6, 6.07) is 27.2. The molecule has 0 atom stereocenters. The number of para-hydroxylation sites is 2. The van der Waals surface area contributed by atoms with Crippen molar-refractivity contribution >= 4 is 23.4 Å². The summed E-state index contributed by atoms with van der Waals surface area (Å²) in [6.45, 7) is 0. The van der Waals surface area contributed by atoms with Crippen molar-refractivity contribution in [3.63, 3.8) is 0 Å². The van der Waals surface area contributed by atoms with E-state index in [-0.39, 0.29) is 11.7 Å². The first-order valence-corrected chi connectivity index (χ1v) is 10.8. The van der Waals surface area contributed by atoms with Crippen LogP contribution in [0.15, 0.2) is 90.1 Å². The number of amides is 1. The molecule has 4 rings (SSSR count). The molecule has 1 heterocycles. The number of carbonyl (C=O) groups is 1. The van der Waals surface area contributed by atoms with Gasteiger partial charge in [0.2, 0.25) is 5.91 Å². The van der Waals surface area contributed by atoms with E-state index < -0.39 is 0 Å². The van der Waals surface area contributed by atoms with Crippen LogP contribution in [0.2, 0.25) is 0 Å². The van der Waals surface area contributed by atoms with Gasteiger partial charge in [0.05, 0.1) is 12.9 Å². The van der Waals surface area contributed by atoms with E-state index >= 15 is 0 Å². The van der Waals surface area contributed by atoms with Gasteiger partial charge in [0.15, 0.2) is 11.0 Å². The first-order chi connectivity index (χ1) is 15.2. The van der Waals surface area contributed by atoms with Gasteiger partial charge in [0.25, 0.3) is 0 Å². The number of aromatic nitrogens is 3. The van der Waals surface area contributed by atoms with Crippen LogP contribution in [0.1, 0.15) is 0 Å². The summed E-state index contributed by atoms with van der Waals surface area (Å²) >= 11 is 1.37. The van der Waals surface area contributed by atoms with E-state index in [0.717, 1.165) is 22.7 Å². The molecule has 1 aromatic heterocycles. The third kappa shape index (κ3) is 4.62. The largest absolute Gasteiger partial charge is 0.497 e. The summed E-state index contributed by atoms with van der Waals surface area (Å²) < 4.78 is 7.23. The standard InChI is InChI=1S/C24H22N4O2S/c1-27(19-9-5-3-6-10-19)22(29)17-31-24-26-25-23(18-13-15-21(30-2)16-14-18)28(24)20-11-7-4-8-12-20/h3-16H,17H2,1-2H3. The van der Waals surface area contributed by atoms with Crippen LogP contribution in [-0.4, -0.2) is 40.6 Å². The van der Waals surface area contributed by atoms with Gasteiger partial charge in [-0.05, 0) is 48.5 Å². The molecule has 0 N–H and O–H groups in total. The minimum absolute atomic E-state index is 0.00944. The van der Waals surface area contributed by atoms with Gasteiger partial charge in [-0.15, -0.1) is 10.2 Å². The lowest BCUT2D eigenvalue weighted by atomic mass is 10.2. The Balaban J connectivity index is 1.61. The molecule has 0 saturated carbocycles. The summed E-state index contributed by atoms with van der Waals surface area (Å²) in [4.78, 5) is 14.4. The van der Waals surface area contributed by atoms with Gasteiger partial charge in [-0.2, -0.15) is 0 Å². The van der Waals surface area contributed by atoms with Crippen molar-refractivity contribution in [1.29, 1.82) is 0 Å². The Labute approximate surface area is 185 Å². The van der Waals surface area contributed by atoms with E-state index in [4.69, 9.17) is 4.74 Å². The fraction of sp³-hybridized carbons (Fsp3) is 0.125. The van der Waals surface area contributed by atoms with E-state index in [1.807, 2.05) is 89.5 Å². The summed E-state index contributed by atoms with van der Waals surface area (Å²) in [5.74, 6) is 1.72. The van der Waals surface area contributed by atoms with Crippen LogP contribution in [0.4, 0.5) is 5.69 Å². The zero-order valence-corrected chi connectivity index (χ0v) is 18.1. The molecule has 4 aromatic rings. The fourth-order valence-corrected chi connectivity index (χ4v) is 3.98. The molecule has 0 aliphatic rings. The Morgan fingerprint density at radius 2 is 1.58 bits per heavy atom. The number of methoxy groups -OCH3 is 1. The molecule has 3 aromatic carbocycles. The van der Waals surface area contributed by atoms with Crippen LogP contribution in [0.5, 0.6) is 5.75 Å². The van der Waals surface area contributed by atoms with Crippen molar-refractivity contribution < 1.29 is 9.53 Å². The van der Waals surface area contributed by atoms with Gasteiger partial charge >= 0.3 is 0 Å². The third-order valence-corrected chi connectivity index (χ3v) is 5.75. The van der Waals surface area contributed by atoms with E-state index in [1.165, 1.54) is 11.8 Å². The SMILES string of the molecule is COc1ccc(-c2nnc(SCC(=O)N(C)c3ccccc3)n2-c2ccccc2)cc1. The second-order valence-corrected chi connectivity index (χ2v) is 7.73. The topological polar surface area (TPSA) is 60.3 Å². The summed E-state index contributed by atoms with van der Waals surface area (Å²) in [7, 11) is 3.42. The number of benzene rings is 3. The zero-order chi connectivity index (χ0) is 21.6. The van der Waals surface area contributed by atoms with Crippen LogP contribution in [0.25, 0.3) is 17.1 Å². The number of ether oxygens (including phenoxy) is 1. The van der Waals surface area contributed by atoms with Crippen molar-refractivity contribution in [1.82, 2.24) is 14.8 Å². The molecule has 1 amide bonds. The number of carbonyl (C=O) groups excluding carboxylic acids is 1. The molecule has 0 unspecified atom stereocenters. The number of hydrogen-bond acceptors (Lipinski definition) is 5. The van der Waals surface area contributed by atoms with Crippen molar-refractivity contribution in [2.75, 3.05) is 24.8 Å². The van der Waals surface area contributed by atoms with Crippen molar-refractivity contribution in [2.24, 2.45) is 0 Å². The molecular weight excluding hydrogens is 408 g/mol. The minimum atomic E-state index is -0.00944.